The topological polar surface area (TPSA) is 34.1 Å². The summed E-state index contributed by atoms with van der Waals surface area (Å²) in [5, 5.41) is 3.39. The second-order valence-corrected chi connectivity index (χ2v) is 4.43. The third-order valence-corrected chi connectivity index (χ3v) is 2.31. The molecule has 3 heteroatoms. The number of hydrogen-bond acceptors (Lipinski definition) is 3. The van der Waals surface area contributed by atoms with E-state index in [0.29, 0.717) is 12.5 Å². The van der Waals surface area contributed by atoms with Crippen molar-refractivity contribution < 1.29 is 4.74 Å². The molecule has 1 rings (SSSR count). The van der Waals surface area contributed by atoms with Crippen molar-refractivity contribution in [3.8, 4) is 5.75 Å². The smallest absolute Gasteiger partial charge is 0.126 e. The maximum Gasteiger partial charge on any atom is 0.126 e. The lowest BCUT2D eigenvalue weighted by atomic mass is 10.2. The van der Waals surface area contributed by atoms with E-state index in [1.54, 1.807) is 6.20 Å². The van der Waals surface area contributed by atoms with Gasteiger partial charge in [-0.05, 0) is 24.9 Å². The Labute approximate surface area is 104 Å². The van der Waals surface area contributed by atoms with E-state index in [0.717, 1.165) is 30.8 Å². The zero-order chi connectivity index (χ0) is 12.5. The minimum Gasteiger partial charge on any atom is -0.493 e. The summed E-state index contributed by atoms with van der Waals surface area (Å²) in [7, 11) is 0. The molecule has 0 saturated carbocycles. The van der Waals surface area contributed by atoms with Crippen molar-refractivity contribution in [2.75, 3.05) is 13.2 Å². The fourth-order valence-electron chi connectivity index (χ4n) is 1.44. The Bertz CT molecular complexity index is 337. The highest BCUT2D eigenvalue weighted by Gasteiger charge is 2.03. The highest BCUT2D eigenvalue weighted by atomic mass is 16.5. The van der Waals surface area contributed by atoms with Gasteiger partial charge in [0.1, 0.15) is 5.75 Å². The quantitative estimate of drug-likeness (QED) is 0.555. The van der Waals surface area contributed by atoms with Crippen LogP contribution < -0.4 is 10.1 Å². The van der Waals surface area contributed by atoms with Gasteiger partial charge in [0.25, 0.3) is 0 Å². The van der Waals surface area contributed by atoms with Crippen molar-refractivity contribution in [1.29, 1.82) is 0 Å². The summed E-state index contributed by atoms with van der Waals surface area (Å²) >= 11 is 0. The van der Waals surface area contributed by atoms with Crippen LogP contribution in [0.2, 0.25) is 0 Å². The Morgan fingerprint density at radius 2 is 2.35 bits per heavy atom. The zero-order valence-corrected chi connectivity index (χ0v) is 10.8. The Hall–Kier alpha value is -1.35. The number of rotatable bonds is 8. The molecule has 94 valence electrons. The number of hydrogen-bond donors (Lipinski definition) is 1. The Balaban J connectivity index is 2.48. The molecule has 0 bridgehead atoms. The molecule has 0 aliphatic rings. The van der Waals surface area contributed by atoms with Crippen LogP contribution in [0.25, 0.3) is 0 Å². The molecule has 0 spiro atoms. The molecular formula is C14H22N2O. The summed E-state index contributed by atoms with van der Waals surface area (Å²) in [6.07, 6.45) is 6.34. The van der Waals surface area contributed by atoms with Gasteiger partial charge >= 0.3 is 0 Å². The molecule has 0 atom stereocenters. The number of ether oxygens (including phenoxy) is 1. The molecule has 17 heavy (non-hydrogen) atoms. The first-order valence-electron chi connectivity index (χ1n) is 6.11. The van der Waals surface area contributed by atoms with E-state index in [4.69, 9.17) is 4.74 Å². The normalized spacial score (nSPS) is 10.5. The maximum absolute atomic E-state index is 5.68. The summed E-state index contributed by atoms with van der Waals surface area (Å²) in [5.74, 6) is 1.56. The molecule has 0 amide bonds. The van der Waals surface area contributed by atoms with Gasteiger partial charge in [-0.25, -0.2) is 0 Å². The molecule has 0 aromatic carbocycles. The minimum absolute atomic E-state index is 0.650. The van der Waals surface area contributed by atoms with Crippen LogP contribution in [0.4, 0.5) is 0 Å². The number of nitrogens with zero attached hydrogens (tertiary/aromatic N) is 1. The maximum atomic E-state index is 5.68. The summed E-state index contributed by atoms with van der Waals surface area (Å²) < 4.78 is 5.68. The van der Waals surface area contributed by atoms with E-state index in [-0.39, 0.29) is 0 Å². The molecule has 1 aromatic rings. The average Bonchev–Trinajstić information content (AvgIpc) is 2.31. The van der Waals surface area contributed by atoms with Crippen LogP contribution in [-0.2, 0) is 6.54 Å². The summed E-state index contributed by atoms with van der Waals surface area (Å²) in [6.45, 7) is 10.5. The monoisotopic (exact) mass is 234 g/mol. The lowest BCUT2D eigenvalue weighted by Crippen LogP contribution is -2.19. The molecule has 0 saturated heterocycles. The third-order valence-electron chi connectivity index (χ3n) is 2.31. The van der Waals surface area contributed by atoms with E-state index in [1.807, 2.05) is 18.3 Å². The lowest BCUT2D eigenvalue weighted by molar-refractivity contribution is 0.320. The van der Waals surface area contributed by atoms with Crippen LogP contribution in [0.3, 0.4) is 0 Å². The van der Waals surface area contributed by atoms with Crippen LogP contribution in [0, 0.1) is 5.92 Å². The van der Waals surface area contributed by atoms with E-state index in [2.05, 4.69) is 30.7 Å². The molecule has 1 aromatic heterocycles. The lowest BCUT2D eigenvalue weighted by Gasteiger charge is -2.12. The second kappa shape index (κ2) is 7.85. The van der Waals surface area contributed by atoms with Gasteiger partial charge in [-0.2, -0.15) is 0 Å². The summed E-state index contributed by atoms with van der Waals surface area (Å²) in [4.78, 5) is 4.13. The van der Waals surface area contributed by atoms with Gasteiger partial charge in [0.2, 0.25) is 0 Å². The molecular weight excluding hydrogens is 212 g/mol. The predicted octanol–water partition coefficient (Wildman–Crippen LogP) is 2.78. The van der Waals surface area contributed by atoms with Gasteiger partial charge in [0.05, 0.1) is 6.61 Å². The van der Waals surface area contributed by atoms with Crippen LogP contribution in [0.5, 0.6) is 5.75 Å². The first-order valence-corrected chi connectivity index (χ1v) is 6.11. The fourth-order valence-corrected chi connectivity index (χ4v) is 1.44. The van der Waals surface area contributed by atoms with E-state index in [1.165, 1.54) is 0 Å². The molecule has 1 heterocycles. The number of nitrogens with one attached hydrogen (secondary N) is 1. The number of pyridine rings is 1. The van der Waals surface area contributed by atoms with E-state index in [9.17, 15) is 0 Å². The van der Waals surface area contributed by atoms with Crippen LogP contribution >= 0.6 is 0 Å². The minimum atomic E-state index is 0.650. The molecule has 3 nitrogen and oxygen atoms in total. The standard InChI is InChI=1S/C14H22N2O/c1-4-5-8-17-14-6-7-15-10-13(14)11-16-9-12(2)3/h4,6-7,10,12,16H,1,5,8-9,11H2,2-3H3. The van der Waals surface area contributed by atoms with Gasteiger partial charge in [-0.1, -0.05) is 19.9 Å². The molecule has 0 radical (unpaired) electrons. The van der Waals surface area contributed by atoms with Gasteiger partial charge < -0.3 is 10.1 Å². The van der Waals surface area contributed by atoms with Crippen molar-refractivity contribution in [3.05, 3.63) is 36.7 Å². The first kappa shape index (κ1) is 13.7. The van der Waals surface area contributed by atoms with Crippen molar-refractivity contribution in [3.63, 3.8) is 0 Å². The van der Waals surface area contributed by atoms with Crippen molar-refractivity contribution in [1.82, 2.24) is 10.3 Å². The Morgan fingerprint density at radius 3 is 3.06 bits per heavy atom. The number of aromatic nitrogens is 1. The van der Waals surface area contributed by atoms with Gasteiger partial charge in [0, 0.05) is 24.5 Å². The van der Waals surface area contributed by atoms with Gasteiger partial charge in [-0.15, -0.1) is 6.58 Å². The fraction of sp³-hybridized carbons (Fsp3) is 0.500. The molecule has 0 fully saturated rings. The largest absolute Gasteiger partial charge is 0.493 e. The predicted molar refractivity (Wildman–Crippen MR) is 71.1 cm³/mol. The molecule has 0 aliphatic carbocycles. The molecule has 0 aliphatic heterocycles. The third kappa shape index (κ3) is 5.50. The first-order chi connectivity index (χ1) is 8.24. The SMILES string of the molecule is C=CCCOc1ccncc1CNCC(C)C. The van der Waals surface area contributed by atoms with E-state index >= 15 is 0 Å². The van der Waals surface area contributed by atoms with Gasteiger partial charge in [-0.3, -0.25) is 4.98 Å². The zero-order valence-electron chi connectivity index (χ0n) is 10.8. The van der Waals surface area contributed by atoms with Crippen molar-refractivity contribution in [2.45, 2.75) is 26.8 Å². The Morgan fingerprint density at radius 1 is 1.53 bits per heavy atom. The molecule has 0 unspecified atom stereocenters. The van der Waals surface area contributed by atoms with Gasteiger partial charge in [0.15, 0.2) is 0 Å². The second-order valence-electron chi connectivity index (χ2n) is 4.43. The average molecular weight is 234 g/mol. The Kier molecular flexibility index (Phi) is 6.33. The highest BCUT2D eigenvalue weighted by Crippen LogP contribution is 2.16. The van der Waals surface area contributed by atoms with Crippen LogP contribution in [-0.4, -0.2) is 18.1 Å². The van der Waals surface area contributed by atoms with Crippen LogP contribution in [0.1, 0.15) is 25.8 Å². The summed E-state index contributed by atoms with van der Waals surface area (Å²) in [5.41, 5.74) is 1.11. The highest BCUT2D eigenvalue weighted by molar-refractivity contribution is 5.29. The van der Waals surface area contributed by atoms with Crippen molar-refractivity contribution in [2.24, 2.45) is 5.92 Å². The van der Waals surface area contributed by atoms with E-state index < -0.39 is 0 Å². The van der Waals surface area contributed by atoms with Crippen LogP contribution in [0.15, 0.2) is 31.1 Å². The molecule has 1 N–H and O–H groups in total. The summed E-state index contributed by atoms with van der Waals surface area (Å²) in [6, 6.07) is 1.91. The van der Waals surface area contributed by atoms with Crippen molar-refractivity contribution >= 4 is 0 Å².